The quantitative estimate of drug-likeness (QED) is 0.759. The summed E-state index contributed by atoms with van der Waals surface area (Å²) in [5.74, 6) is 2.06. The molecule has 0 saturated heterocycles. The number of nitrogens with one attached hydrogen (secondary N) is 1. The van der Waals surface area contributed by atoms with Crippen LogP contribution < -0.4 is 5.32 Å². The van der Waals surface area contributed by atoms with E-state index in [9.17, 15) is 0 Å². The third kappa shape index (κ3) is 5.23. The molecular weight excluding hydrogens is 206 g/mol. The van der Waals surface area contributed by atoms with Crippen molar-refractivity contribution in [3.8, 4) is 0 Å². The molecule has 0 aliphatic heterocycles. The zero-order valence-electron chi connectivity index (χ0n) is 10.3. The number of hydrogen-bond donors (Lipinski definition) is 1. The van der Waals surface area contributed by atoms with Gasteiger partial charge >= 0.3 is 0 Å². The van der Waals surface area contributed by atoms with Crippen LogP contribution in [0.2, 0.25) is 0 Å². The fourth-order valence-corrected chi connectivity index (χ4v) is 2.90. The van der Waals surface area contributed by atoms with Crippen LogP contribution in [-0.4, -0.2) is 37.8 Å². The minimum absolute atomic E-state index is 0.520. The average molecular weight is 231 g/mol. The maximum absolute atomic E-state index is 5.37. The van der Waals surface area contributed by atoms with Gasteiger partial charge in [-0.2, -0.15) is 11.8 Å². The van der Waals surface area contributed by atoms with Crippen molar-refractivity contribution in [2.75, 3.05) is 25.7 Å². The maximum Gasteiger partial charge on any atom is 0.0572 e. The van der Waals surface area contributed by atoms with Crippen molar-refractivity contribution in [1.29, 1.82) is 0 Å². The summed E-state index contributed by atoms with van der Waals surface area (Å²) in [6.07, 6.45) is 7.72. The van der Waals surface area contributed by atoms with Crippen LogP contribution in [0.5, 0.6) is 0 Å². The first-order valence-corrected chi connectivity index (χ1v) is 7.40. The van der Waals surface area contributed by atoms with Gasteiger partial charge in [0.25, 0.3) is 0 Å². The minimum Gasteiger partial charge on any atom is -0.381 e. The third-order valence-electron chi connectivity index (χ3n) is 3.21. The summed E-state index contributed by atoms with van der Waals surface area (Å²) >= 11 is 1.94. The molecular formula is C12H25NOS. The molecule has 90 valence electrons. The molecule has 0 radical (unpaired) electrons. The lowest BCUT2D eigenvalue weighted by atomic mass is 9.93. The highest BCUT2D eigenvalue weighted by Crippen LogP contribution is 2.20. The van der Waals surface area contributed by atoms with Crippen molar-refractivity contribution < 1.29 is 4.74 Å². The van der Waals surface area contributed by atoms with Crippen molar-refractivity contribution in [1.82, 2.24) is 5.32 Å². The molecule has 1 unspecified atom stereocenters. The first kappa shape index (κ1) is 13.3. The molecule has 1 aliphatic rings. The number of methoxy groups -OCH3 is 1. The van der Waals surface area contributed by atoms with Crippen molar-refractivity contribution >= 4 is 11.8 Å². The summed E-state index contributed by atoms with van der Waals surface area (Å²) in [6, 6.07) is 0.737. The first-order valence-electron chi connectivity index (χ1n) is 6.01. The van der Waals surface area contributed by atoms with Gasteiger partial charge in [-0.15, -0.1) is 0 Å². The van der Waals surface area contributed by atoms with Gasteiger partial charge in [-0.1, -0.05) is 6.92 Å². The van der Waals surface area contributed by atoms with Gasteiger partial charge < -0.3 is 10.1 Å². The Labute approximate surface area is 98.5 Å². The van der Waals surface area contributed by atoms with E-state index in [0.29, 0.717) is 6.10 Å². The molecule has 0 aromatic carbocycles. The summed E-state index contributed by atoms with van der Waals surface area (Å²) in [5.41, 5.74) is 0. The average Bonchev–Trinajstić information content (AvgIpc) is 2.27. The molecule has 1 rings (SSSR count). The second-order valence-corrected chi connectivity index (χ2v) is 5.59. The van der Waals surface area contributed by atoms with Gasteiger partial charge in [0.15, 0.2) is 0 Å². The number of ether oxygens (including phenoxy) is 1. The van der Waals surface area contributed by atoms with E-state index >= 15 is 0 Å². The summed E-state index contributed by atoms with van der Waals surface area (Å²) in [7, 11) is 1.83. The fraction of sp³-hybridized carbons (Fsp3) is 1.00. The second kappa shape index (κ2) is 7.53. The Balaban J connectivity index is 2.08. The van der Waals surface area contributed by atoms with Gasteiger partial charge in [-0.25, -0.2) is 0 Å². The molecule has 3 heteroatoms. The first-order chi connectivity index (χ1) is 7.26. The highest BCUT2D eigenvalue weighted by atomic mass is 32.2. The molecule has 0 aromatic rings. The molecule has 1 atom stereocenters. The fourth-order valence-electron chi connectivity index (χ4n) is 2.21. The SMILES string of the molecule is COC1CCC(NCC(C)CSC)CC1. The molecule has 1 fully saturated rings. The summed E-state index contributed by atoms with van der Waals surface area (Å²) in [4.78, 5) is 0. The molecule has 0 aromatic heterocycles. The normalized spacial score (nSPS) is 29.0. The van der Waals surface area contributed by atoms with Gasteiger partial charge in [0, 0.05) is 13.2 Å². The van der Waals surface area contributed by atoms with Crippen molar-refractivity contribution in [3.63, 3.8) is 0 Å². The smallest absolute Gasteiger partial charge is 0.0572 e. The van der Waals surface area contributed by atoms with Crippen molar-refractivity contribution in [2.24, 2.45) is 5.92 Å². The maximum atomic E-state index is 5.37. The van der Waals surface area contributed by atoms with E-state index in [1.165, 1.54) is 38.0 Å². The van der Waals surface area contributed by atoms with Gasteiger partial charge in [-0.3, -0.25) is 0 Å². The summed E-state index contributed by atoms with van der Waals surface area (Å²) in [6.45, 7) is 3.49. The van der Waals surface area contributed by atoms with Gasteiger partial charge in [0.1, 0.15) is 0 Å². The van der Waals surface area contributed by atoms with Gasteiger partial charge in [-0.05, 0) is 50.2 Å². The van der Waals surface area contributed by atoms with Crippen LogP contribution in [-0.2, 0) is 4.74 Å². The zero-order valence-corrected chi connectivity index (χ0v) is 11.1. The van der Waals surface area contributed by atoms with Gasteiger partial charge in [0.2, 0.25) is 0 Å². The minimum atomic E-state index is 0.520. The van der Waals surface area contributed by atoms with Crippen molar-refractivity contribution in [2.45, 2.75) is 44.8 Å². The largest absolute Gasteiger partial charge is 0.381 e. The number of thioether (sulfide) groups is 1. The Bertz CT molecular complexity index is 158. The lowest BCUT2D eigenvalue weighted by Gasteiger charge is -2.29. The summed E-state index contributed by atoms with van der Waals surface area (Å²) < 4.78 is 5.37. The predicted octanol–water partition coefficient (Wildman–Crippen LogP) is 2.53. The molecule has 0 heterocycles. The second-order valence-electron chi connectivity index (χ2n) is 4.68. The molecule has 15 heavy (non-hydrogen) atoms. The van der Waals surface area contributed by atoms with Crippen LogP contribution in [0.4, 0.5) is 0 Å². The van der Waals surface area contributed by atoms with Crippen LogP contribution in [0.3, 0.4) is 0 Å². The predicted molar refractivity (Wildman–Crippen MR) is 68.6 cm³/mol. The van der Waals surface area contributed by atoms with Crippen molar-refractivity contribution in [3.05, 3.63) is 0 Å². The molecule has 0 amide bonds. The third-order valence-corrected chi connectivity index (χ3v) is 4.12. The Morgan fingerprint density at radius 3 is 2.53 bits per heavy atom. The van der Waals surface area contributed by atoms with E-state index in [-0.39, 0.29) is 0 Å². The molecule has 2 nitrogen and oxygen atoms in total. The Morgan fingerprint density at radius 2 is 2.00 bits per heavy atom. The summed E-state index contributed by atoms with van der Waals surface area (Å²) in [5, 5.41) is 3.68. The highest BCUT2D eigenvalue weighted by molar-refractivity contribution is 7.98. The Kier molecular flexibility index (Phi) is 6.69. The number of rotatable bonds is 6. The Hall–Kier alpha value is 0.270. The molecule has 1 aliphatic carbocycles. The van der Waals surface area contributed by atoms with Crippen LogP contribution >= 0.6 is 11.8 Å². The van der Waals surface area contributed by atoms with Crippen LogP contribution in [0.25, 0.3) is 0 Å². The zero-order chi connectivity index (χ0) is 11.1. The molecule has 0 bridgehead atoms. The van der Waals surface area contributed by atoms with E-state index in [2.05, 4.69) is 18.5 Å². The van der Waals surface area contributed by atoms with E-state index in [4.69, 9.17) is 4.74 Å². The molecule has 1 N–H and O–H groups in total. The topological polar surface area (TPSA) is 21.3 Å². The molecule has 1 saturated carbocycles. The van der Waals surface area contributed by atoms with Gasteiger partial charge in [0.05, 0.1) is 6.10 Å². The lowest BCUT2D eigenvalue weighted by Crippen LogP contribution is -2.37. The standard InChI is InChI=1S/C12H25NOS/c1-10(9-15-3)8-13-11-4-6-12(14-2)7-5-11/h10-13H,4-9H2,1-3H3. The Morgan fingerprint density at radius 1 is 1.33 bits per heavy atom. The lowest BCUT2D eigenvalue weighted by molar-refractivity contribution is 0.0623. The number of hydrogen-bond acceptors (Lipinski definition) is 3. The van der Waals surface area contributed by atoms with Crippen LogP contribution in [0, 0.1) is 5.92 Å². The van der Waals surface area contributed by atoms with E-state index in [1.54, 1.807) is 0 Å². The molecule has 0 spiro atoms. The highest BCUT2D eigenvalue weighted by Gasteiger charge is 2.20. The van der Waals surface area contributed by atoms with Crippen LogP contribution in [0.15, 0.2) is 0 Å². The van der Waals surface area contributed by atoms with Crippen LogP contribution in [0.1, 0.15) is 32.6 Å². The van der Waals surface area contributed by atoms with E-state index in [0.717, 1.165) is 12.0 Å². The van der Waals surface area contributed by atoms with E-state index < -0.39 is 0 Å². The van der Waals surface area contributed by atoms with E-state index in [1.807, 2.05) is 18.9 Å². The monoisotopic (exact) mass is 231 g/mol.